The van der Waals surface area contributed by atoms with Gasteiger partial charge in [0.2, 0.25) is 11.8 Å². The van der Waals surface area contributed by atoms with E-state index in [2.05, 4.69) is 5.43 Å². The highest BCUT2D eigenvalue weighted by Gasteiger charge is 2.71. The van der Waals surface area contributed by atoms with Gasteiger partial charge in [0.1, 0.15) is 17.2 Å². The Morgan fingerprint density at radius 2 is 1.53 bits per heavy atom. The van der Waals surface area contributed by atoms with Gasteiger partial charge in [0.25, 0.3) is 11.8 Å². The Kier molecular flexibility index (Phi) is 9.70. The molecule has 3 heterocycles. The minimum Gasteiger partial charge on any atom is -0.508 e. The summed E-state index contributed by atoms with van der Waals surface area (Å²) in [5.74, 6) is -8.85. The standard InChI is InChI=1S/C44H31Cl2F6N3O7/c1-61-28-6-2-22(3-7-28)42-32(39(58)55(41(42)60)53-34-10-4-25(45)17-33(34)46)18-31-29(37(42)21-12-20-13-27(56)5-11-35(20)62-19-21)8-9-30-36(31)40(59)54(38(30)57)26-15-23(43(47,48)49)14-24(16-26)44(50,51)52/h2-8,10-11,13-17,19,30-32,36-37,53,56H,9,12,18H2,1H3/t30-,31+,32-,36-,37-,42+/m0/s1. The van der Waals surface area contributed by atoms with Gasteiger partial charge in [-0.1, -0.05) is 47.0 Å². The summed E-state index contributed by atoms with van der Waals surface area (Å²) in [4.78, 5) is 59.8. The number of allylic oxidation sites excluding steroid dienone is 3. The quantitative estimate of drug-likeness (QED) is 0.112. The number of ether oxygens (including phenoxy) is 2. The molecule has 2 saturated heterocycles. The number of anilines is 2. The highest BCUT2D eigenvalue weighted by Crippen LogP contribution is 2.64. The first kappa shape index (κ1) is 41.4. The molecule has 10 nitrogen and oxygen atoms in total. The number of nitrogens with zero attached hydrogens (tertiary/aromatic N) is 2. The first-order chi connectivity index (χ1) is 29.3. The van der Waals surface area contributed by atoms with Crippen molar-refractivity contribution in [2.75, 3.05) is 17.4 Å². The molecule has 4 aromatic rings. The van der Waals surface area contributed by atoms with Crippen LogP contribution in [0.3, 0.4) is 0 Å². The lowest BCUT2D eigenvalue weighted by Gasteiger charge is -2.51. The average molecular weight is 899 g/mol. The van der Waals surface area contributed by atoms with Gasteiger partial charge in [-0.05, 0) is 96.6 Å². The molecule has 3 fully saturated rings. The Labute approximate surface area is 358 Å². The zero-order valence-corrected chi connectivity index (χ0v) is 33.5. The van der Waals surface area contributed by atoms with Crippen LogP contribution in [-0.2, 0) is 43.4 Å². The summed E-state index contributed by atoms with van der Waals surface area (Å²) in [7, 11) is 1.45. The maximum absolute atomic E-state index is 15.5. The number of halogens is 8. The summed E-state index contributed by atoms with van der Waals surface area (Å²) in [6.45, 7) is 0. The molecular weight excluding hydrogens is 867 g/mol. The third-order valence-electron chi connectivity index (χ3n) is 12.6. The number of fused-ring (bicyclic) bond motifs is 5. The lowest BCUT2D eigenvalue weighted by molar-refractivity contribution is -0.143. The first-order valence-corrected chi connectivity index (χ1v) is 19.9. The van der Waals surface area contributed by atoms with E-state index >= 15 is 9.59 Å². The van der Waals surface area contributed by atoms with E-state index in [1.807, 2.05) is 0 Å². The van der Waals surface area contributed by atoms with Gasteiger partial charge in [-0.3, -0.25) is 24.6 Å². The fourth-order valence-electron chi connectivity index (χ4n) is 9.98. The summed E-state index contributed by atoms with van der Waals surface area (Å²) in [5.41, 5.74) is -1.36. The molecule has 62 heavy (non-hydrogen) atoms. The normalized spacial score (nSPS) is 25.7. The van der Waals surface area contributed by atoms with E-state index in [0.717, 1.165) is 5.01 Å². The van der Waals surface area contributed by atoms with Gasteiger partial charge >= 0.3 is 12.4 Å². The van der Waals surface area contributed by atoms with E-state index in [0.29, 0.717) is 50.8 Å². The first-order valence-electron chi connectivity index (χ1n) is 19.1. The molecule has 2 aliphatic carbocycles. The number of aromatic hydroxyl groups is 1. The second-order valence-electron chi connectivity index (χ2n) is 15.8. The third-order valence-corrected chi connectivity index (χ3v) is 13.1. The molecule has 0 bridgehead atoms. The van der Waals surface area contributed by atoms with E-state index in [-0.39, 0.29) is 46.8 Å². The summed E-state index contributed by atoms with van der Waals surface area (Å²) in [6, 6.07) is 15.9. The van der Waals surface area contributed by atoms with Gasteiger partial charge in [-0.2, -0.15) is 31.4 Å². The predicted molar refractivity (Wildman–Crippen MR) is 211 cm³/mol. The van der Waals surface area contributed by atoms with Crippen LogP contribution in [0.2, 0.25) is 10.0 Å². The topological polar surface area (TPSA) is 125 Å². The van der Waals surface area contributed by atoms with Gasteiger partial charge in [0.05, 0.1) is 64.1 Å². The molecule has 0 radical (unpaired) electrons. The number of nitrogens with one attached hydrogen (secondary N) is 1. The van der Waals surface area contributed by atoms with Gasteiger partial charge < -0.3 is 14.6 Å². The molecule has 18 heteroatoms. The Bertz CT molecular complexity index is 2640. The summed E-state index contributed by atoms with van der Waals surface area (Å²) < 4.78 is 95.6. The average Bonchev–Trinajstić information content (AvgIpc) is 3.61. The van der Waals surface area contributed by atoms with E-state index in [1.165, 1.54) is 43.7 Å². The molecular formula is C44H31Cl2F6N3O7. The van der Waals surface area contributed by atoms with Crippen LogP contribution in [0.1, 0.15) is 35.1 Å². The smallest absolute Gasteiger partial charge is 0.416 e. The molecule has 4 amide bonds. The number of methoxy groups -OCH3 is 1. The number of rotatable bonds is 6. The van der Waals surface area contributed by atoms with Crippen molar-refractivity contribution >= 4 is 58.2 Å². The SMILES string of the molecule is COc1ccc([C@@]23C(=O)N(Nc4ccc(Cl)cc4Cl)C(=O)[C@@H]2C[C@@H]2C(=CC[C@@H]4C(=O)N(c5cc(C(F)(F)F)cc(C(F)(F)F)c5)C(=O)[C@@H]42)[C@@H]3C2=COc3ccc(O)cc3C2)cc1. The van der Waals surface area contributed by atoms with Crippen LogP contribution < -0.4 is 19.8 Å². The van der Waals surface area contributed by atoms with Crippen LogP contribution in [0.15, 0.2) is 102 Å². The predicted octanol–water partition coefficient (Wildman–Crippen LogP) is 9.29. The minimum atomic E-state index is -5.26. The summed E-state index contributed by atoms with van der Waals surface area (Å²) in [6.07, 6.45) is -7.79. The molecule has 3 aliphatic heterocycles. The Morgan fingerprint density at radius 1 is 0.839 bits per heavy atom. The molecule has 0 unspecified atom stereocenters. The van der Waals surface area contributed by atoms with Crippen molar-refractivity contribution in [1.29, 1.82) is 0 Å². The Balaban J connectivity index is 1.22. The van der Waals surface area contributed by atoms with E-state index in [9.17, 15) is 41.0 Å². The number of carbonyl (C=O) groups is 4. The van der Waals surface area contributed by atoms with Crippen LogP contribution in [0.5, 0.6) is 17.2 Å². The maximum atomic E-state index is 15.5. The van der Waals surface area contributed by atoms with E-state index in [4.69, 9.17) is 32.7 Å². The van der Waals surface area contributed by atoms with Crippen molar-refractivity contribution < 1.29 is 60.1 Å². The fourth-order valence-corrected chi connectivity index (χ4v) is 10.4. The zero-order valence-electron chi connectivity index (χ0n) is 32.0. The van der Waals surface area contributed by atoms with Gasteiger partial charge in [0, 0.05) is 22.9 Å². The highest BCUT2D eigenvalue weighted by molar-refractivity contribution is 6.36. The molecule has 1 saturated carbocycles. The molecule has 320 valence electrons. The number of alkyl halides is 6. The van der Waals surface area contributed by atoms with Crippen LogP contribution in [0.25, 0.3) is 0 Å². The Hall–Kier alpha value is -6.00. The maximum Gasteiger partial charge on any atom is 0.416 e. The van der Waals surface area contributed by atoms with Gasteiger partial charge in [0.15, 0.2) is 0 Å². The number of amides is 4. The number of benzene rings is 4. The number of hydrazine groups is 1. The summed E-state index contributed by atoms with van der Waals surface area (Å²) >= 11 is 12.7. The van der Waals surface area contributed by atoms with Crippen LogP contribution in [0, 0.1) is 29.6 Å². The zero-order chi connectivity index (χ0) is 44.2. The lowest BCUT2D eigenvalue weighted by Crippen LogP contribution is -2.55. The monoisotopic (exact) mass is 897 g/mol. The molecule has 2 N–H and O–H groups in total. The van der Waals surface area contributed by atoms with Gasteiger partial charge in [-0.25, -0.2) is 4.90 Å². The van der Waals surface area contributed by atoms with Crippen LogP contribution in [0.4, 0.5) is 37.7 Å². The molecule has 5 aliphatic rings. The number of phenols is 1. The molecule has 0 spiro atoms. The van der Waals surface area contributed by atoms with Crippen LogP contribution in [-0.4, -0.2) is 40.9 Å². The number of hydrogen-bond acceptors (Lipinski definition) is 8. The van der Waals surface area contributed by atoms with E-state index < -0.39 is 87.8 Å². The number of carbonyl (C=O) groups excluding carboxylic acids is 4. The van der Waals surface area contributed by atoms with Crippen molar-refractivity contribution in [2.45, 2.75) is 37.0 Å². The third kappa shape index (κ3) is 6.40. The largest absolute Gasteiger partial charge is 0.508 e. The van der Waals surface area contributed by atoms with Crippen molar-refractivity contribution in [3.8, 4) is 17.2 Å². The van der Waals surface area contributed by atoms with Gasteiger partial charge in [-0.15, -0.1) is 0 Å². The number of imide groups is 2. The highest BCUT2D eigenvalue weighted by atomic mass is 35.5. The molecule has 0 aromatic heterocycles. The second-order valence-corrected chi connectivity index (χ2v) is 16.6. The molecule has 6 atom stereocenters. The number of phenolic OH excluding ortho intramolecular Hbond substituents is 1. The Morgan fingerprint density at radius 3 is 2.18 bits per heavy atom. The van der Waals surface area contributed by atoms with E-state index in [1.54, 1.807) is 36.4 Å². The van der Waals surface area contributed by atoms with Crippen molar-refractivity contribution in [3.63, 3.8) is 0 Å². The summed E-state index contributed by atoms with van der Waals surface area (Å²) in [5, 5.41) is 11.6. The van der Waals surface area contributed by atoms with Crippen molar-refractivity contribution in [2.24, 2.45) is 29.6 Å². The minimum absolute atomic E-state index is 0.0680. The second kappa shape index (κ2) is 14.5. The van der Waals surface area contributed by atoms with Crippen LogP contribution >= 0.6 is 23.2 Å². The fraction of sp³-hybridized carbons (Fsp3) is 0.273. The van der Waals surface area contributed by atoms with Crippen molar-refractivity contribution in [1.82, 2.24) is 5.01 Å². The number of hydrogen-bond donors (Lipinski definition) is 2. The van der Waals surface area contributed by atoms with Crippen molar-refractivity contribution in [3.05, 3.63) is 135 Å². The molecule has 4 aromatic carbocycles. The lowest BCUT2D eigenvalue weighted by atomic mass is 9.48. The molecule has 9 rings (SSSR count).